The lowest BCUT2D eigenvalue weighted by Crippen LogP contribution is -2.43. The lowest BCUT2D eigenvalue weighted by Gasteiger charge is -2.45. The average molecular weight is 248 g/mol. The topological polar surface area (TPSA) is 9.23 Å². The zero-order valence-corrected chi connectivity index (χ0v) is 11.2. The van der Waals surface area contributed by atoms with Crippen molar-refractivity contribution < 1.29 is 9.13 Å². The first-order chi connectivity index (χ1) is 8.47. The van der Waals surface area contributed by atoms with Crippen LogP contribution in [0.1, 0.15) is 38.7 Å². The molecule has 1 heterocycles. The van der Waals surface area contributed by atoms with Gasteiger partial charge in [-0.1, -0.05) is 18.2 Å². The zero-order chi connectivity index (χ0) is 13.2. The van der Waals surface area contributed by atoms with E-state index in [0.717, 1.165) is 25.9 Å². The van der Waals surface area contributed by atoms with Gasteiger partial charge in [-0.15, -0.1) is 6.58 Å². The number of hydrogen-bond acceptors (Lipinski definition) is 1. The summed E-state index contributed by atoms with van der Waals surface area (Å²) in [5.41, 5.74) is 1.10. The maximum absolute atomic E-state index is 13.1. The van der Waals surface area contributed by atoms with E-state index in [0.29, 0.717) is 0 Å². The van der Waals surface area contributed by atoms with Crippen LogP contribution in [0.2, 0.25) is 0 Å². The highest BCUT2D eigenvalue weighted by Crippen LogP contribution is 2.44. The van der Waals surface area contributed by atoms with Crippen molar-refractivity contribution in [1.29, 1.82) is 0 Å². The molecular weight excluding hydrogens is 227 g/mol. The van der Waals surface area contributed by atoms with E-state index < -0.39 is 0 Å². The van der Waals surface area contributed by atoms with Crippen LogP contribution in [0, 0.1) is 5.82 Å². The molecule has 18 heavy (non-hydrogen) atoms. The molecular formula is C16H21FO. The molecule has 0 radical (unpaired) electrons. The zero-order valence-electron chi connectivity index (χ0n) is 11.2. The number of ether oxygens (including phenoxy) is 1. The van der Waals surface area contributed by atoms with Crippen LogP contribution in [0.25, 0.3) is 0 Å². The molecule has 0 spiro atoms. The molecule has 98 valence electrons. The van der Waals surface area contributed by atoms with Crippen molar-refractivity contribution in [3.8, 4) is 0 Å². The van der Waals surface area contributed by atoms with Gasteiger partial charge in [0.15, 0.2) is 0 Å². The van der Waals surface area contributed by atoms with Gasteiger partial charge in [-0.25, -0.2) is 4.39 Å². The van der Waals surface area contributed by atoms with Gasteiger partial charge in [-0.05, 0) is 50.8 Å². The van der Waals surface area contributed by atoms with Crippen molar-refractivity contribution in [3.63, 3.8) is 0 Å². The maximum Gasteiger partial charge on any atom is 0.123 e. The second-order valence-corrected chi connectivity index (χ2v) is 5.81. The van der Waals surface area contributed by atoms with Gasteiger partial charge in [0.25, 0.3) is 0 Å². The van der Waals surface area contributed by atoms with E-state index >= 15 is 0 Å². The van der Waals surface area contributed by atoms with Crippen molar-refractivity contribution >= 4 is 0 Å². The normalized spacial score (nSPS) is 26.8. The molecule has 0 aromatic heterocycles. The fraction of sp³-hybridized carbons (Fsp3) is 0.500. The van der Waals surface area contributed by atoms with Crippen molar-refractivity contribution in [2.75, 3.05) is 6.61 Å². The van der Waals surface area contributed by atoms with Crippen LogP contribution in [-0.4, -0.2) is 12.2 Å². The smallest absolute Gasteiger partial charge is 0.123 e. The summed E-state index contributed by atoms with van der Waals surface area (Å²) in [6, 6.07) is 6.89. The van der Waals surface area contributed by atoms with Gasteiger partial charge >= 0.3 is 0 Å². The number of rotatable bonds is 3. The Kier molecular flexibility index (Phi) is 3.58. The van der Waals surface area contributed by atoms with Gasteiger partial charge in [0.05, 0.1) is 5.60 Å². The molecule has 1 saturated heterocycles. The van der Waals surface area contributed by atoms with Crippen molar-refractivity contribution in [1.82, 2.24) is 0 Å². The SMILES string of the molecule is C=CCC1(c2ccc(F)cc2)CCOC(C)(C)C1. The summed E-state index contributed by atoms with van der Waals surface area (Å²) in [5.74, 6) is -0.182. The van der Waals surface area contributed by atoms with Crippen LogP contribution in [-0.2, 0) is 10.2 Å². The number of allylic oxidation sites excluding steroid dienone is 1. The predicted octanol–water partition coefficient (Wildman–Crippen LogP) is 4.23. The van der Waals surface area contributed by atoms with Crippen LogP contribution in [0.3, 0.4) is 0 Å². The Bertz CT molecular complexity index is 421. The van der Waals surface area contributed by atoms with Crippen LogP contribution >= 0.6 is 0 Å². The molecule has 2 heteroatoms. The highest BCUT2D eigenvalue weighted by molar-refractivity contribution is 5.28. The fourth-order valence-corrected chi connectivity index (χ4v) is 3.10. The molecule has 0 N–H and O–H groups in total. The van der Waals surface area contributed by atoms with Crippen molar-refractivity contribution in [3.05, 3.63) is 48.3 Å². The van der Waals surface area contributed by atoms with Gasteiger partial charge in [0, 0.05) is 12.0 Å². The van der Waals surface area contributed by atoms with Crippen molar-refractivity contribution in [2.24, 2.45) is 0 Å². The van der Waals surface area contributed by atoms with Crippen LogP contribution < -0.4 is 0 Å². The lowest BCUT2D eigenvalue weighted by atomic mass is 9.67. The molecule has 1 aliphatic rings. The first-order valence-electron chi connectivity index (χ1n) is 6.48. The molecule has 1 atom stereocenters. The standard InChI is InChI=1S/C16H21FO/c1-4-9-16(10-11-18-15(2,3)12-16)13-5-7-14(17)8-6-13/h4-8H,1,9-12H2,2-3H3. The van der Waals surface area contributed by atoms with E-state index in [9.17, 15) is 4.39 Å². The molecule has 1 nitrogen and oxygen atoms in total. The highest BCUT2D eigenvalue weighted by Gasteiger charge is 2.41. The Balaban J connectivity index is 2.37. The Morgan fingerprint density at radius 2 is 2.00 bits per heavy atom. The Hall–Kier alpha value is -1.15. The monoisotopic (exact) mass is 248 g/mol. The molecule has 1 fully saturated rings. The summed E-state index contributed by atoms with van der Waals surface area (Å²) in [4.78, 5) is 0. The van der Waals surface area contributed by atoms with Crippen LogP contribution in [0.15, 0.2) is 36.9 Å². The minimum absolute atomic E-state index is 0.0389. The maximum atomic E-state index is 13.1. The highest BCUT2D eigenvalue weighted by atomic mass is 19.1. The van der Waals surface area contributed by atoms with Gasteiger partial charge in [0.2, 0.25) is 0 Å². The molecule has 0 bridgehead atoms. The Labute approximate surface area is 109 Å². The Morgan fingerprint density at radius 1 is 1.33 bits per heavy atom. The summed E-state index contributed by atoms with van der Waals surface area (Å²) in [5, 5.41) is 0. The van der Waals surface area contributed by atoms with Crippen molar-refractivity contribution in [2.45, 2.75) is 44.1 Å². The second-order valence-electron chi connectivity index (χ2n) is 5.81. The van der Waals surface area contributed by atoms with Gasteiger partial charge < -0.3 is 4.74 Å². The molecule has 0 aliphatic carbocycles. The van der Waals surface area contributed by atoms with E-state index in [4.69, 9.17) is 4.74 Å². The third-order valence-corrected chi connectivity index (χ3v) is 3.83. The van der Waals surface area contributed by atoms with Gasteiger partial charge in [-0.3, -0.25) is 0 Å². The minimum Gasteiger partial charge on any atom is -0.376 e. The number of hydrogen-bond donors (Lipinski definition) is 0. The van der Waals surface area contributed by atoms with Crippen LogP contribution in [0.5, 0.6) is 0 Å². The lowest BCUT2D eigenvalue weighted by molar-refractivity contribution is -0.0819. The fourth-order valence-electron chi connectivity index (χ4n) is 3.10. The van der Waals surface area contributed by atoms with Gasteiger partial charge in [0.1, 0.15) is 5.82 Å². The largest absolute Gasteiger partial charge is 0.376 e. The molecule has 1 aromatic carbocycles. The van der Waals surface area contributed by atoms with E-state index in [-0.39, 0.29) is 16.8 Å². The molecule has 1 aliphatic heterocycles. The summed E-state index contributed by atoms with van der Waals surface area (Å²) in [7, 11) is 0. The van der Waals surface area contributed by atoms with E-state index in [1.165, 1.54) is 5.56 Å². The number of halogens is 1. The van der Waals surface area contributed by atoms with E-state index in [1.54, 1.807) is 12.1 Å². The summed E-state index contributed by atoms with van der Waals surface area (Å²) in [6.45, 7) is 8.86. The average Bonchev–Trinajstić information content (AvgIpc) is 2.28. The summed E-state index contributed by atoms with van der Waals surface area (Å²) < 4.78 is 18.9. The molecule has 2 rings (SSSR count). The Morgan fingerprint density at radius 3 is 2.56 bits per heavy atom. The third kappa shape index (κ3) is 2.64. The van der Waals surface area contributed by atoms with E-state index in [1.807, 2.05) is 18.2 Å². The summed E-state index contributed by atoms with van der Waals surface area (Å²) >= 11 is 0. The minimum atomic E-state index is -0.182. The first-order valence-corrected chi connectivity index (χ1v) is 6.48. The molecule has 1 unspecified atom stereocenters. The molecule has 1 aromatic rings. The van der Waals surface area contributed by atoms with Gasteiger partial charge in [-0.2, -0.15) is 0 Å². The molecule has 0 saturated carbocycles. The first kappa shape index (κ1) is 13.3. The third-order valence-electron chi connectivity index (χ3n) is 3.83. The number of benzene rings is 1. The molecule has 0 amide bonds. The van der Waals surface area contributed by atoms with Crippen LogP contribution in [0.4, 0.5) is 4.39 Å². The predicted molar refractivity (Wildman–Crippen MR) is 72.2 cm³/mol. The quantitative estimate of drug-likeness (QED) is 0.727. The summed E-state index contributed by atoms with van der Waals surface area (Å²) in [6.07, 6.45) is 4.78. The second kappa shape index (κ2) is 4.85. The van der Waals surface area contributed by atoms with E-state index in [2.05, 4.69) is 20.4 Å².